The van der Waals surface area contributed by atoms with Crippen molar-refractivity contribution < 1.29 is 8.42 Å². The van der Waals surface area contributed by atoms with Gasteiger partial charge in [-0.1, -0.05) is 11.6 Å². The second-order valence-corrected chi connectivity index (χ2v) is 6.12. The van der Waals surface area contributed by atoms with E-state index in [4.69, 9.17) is 17.3 Å². The molecule has 0 spiro atoms. The van der Waals surface area contributed by atoms with Gasteiger partial charge in [0.25, 0.3) is 0 Å². The Morgan fingerprint density at radius 3 is 2.47 bits per heavy atom. The topological polar surface area (TPSA) is 75.4 Å². The summed E-state index contributed by atoms with van der Waals surface area (Å²) in [6.45, 7) is 3.56. The third kappa shape index (κ3) is 3.49. The molecule has 1 aromatic rings. The standard InChI is InChI=1S/C10H16ClN3O2S/c1-7(2)14(3)17(15,16)13-10-5-4-8(11)6-9(10)12/h4-7,13H,12H2,1-3H3. The molecule has 7 heteroatoms. The Morgan fingerprint density at radius 2 is 2.00 bits per heavy atom. The van der Waals surface area contributed by atoms with Crippen LogP contribution in [0, 0.1) is 0 Å². The molecule has 3 N–H and O–H groups in total. The number of halogens is 1. The highest BCUT2D eigenvalue weighted by molar-refractivity contribution is 7.90. The molecule has 1 aromatic carbocycles. The van der Waals surface area contributed by atoms with E-state index < -0.39 is 10.2 Å². The minimum Gasteiger partial charge on any atom is -0.397 e. The van der Waals surface area contributed by atoms with Gasteiger partial charge in [-0.3, -0.25) is 4.72 Å². The zero-order valence-corrected chi connectivity index (χ0v) is 11.5. The minimum atomic E-state index is -3.59. The molecule has 0 unspecified atom stereocenters. The predicted octanol–water partition coefficient (Wildman–Crippen LogP) is 1.92. The molecule has 17 heavy (non-hydrogen) atoms. The summed E-state index contributed by atoms with van der Waals surface area (Å²) >= 11 is 5.73. The Hall–Kier alpha value is -0.980. The summed E-state index contributed by atoms with van der Waals surface area (Å²) in [7, 11) is -2.09. The summed E-state index contributed by atoms with van der Waals surface area (Å²) < 4.78 is 27.4. The molecule has 0 fully saturated rings. The molecule has 0 amide bonds. The number of anilines is 2. The summed E-state index contributed by atoms with van der Waals surface area (Å²) in [6, 6.07) is 4.46. The van der Waals surface area contributed by atoms with Gasteiger partial charge < -0.3 is 5.73 Å². The maximum absolute atomic E-state index is 11.9. The van der Waals surface area contributed by atoms with Crippen LogP contribution in [0.15, 0.2) is 18.2 Å². The Kier molecular flexibility index (Phi) is 4.24. The van der Waals surface area contributed by atoms with E-state index in [1.165, 1.54) is 23.5 Å². The molecule has 0 saturated carbocycles. The fourth-order valence-corrected chi connectivity index (χ4v) is 2.46. The van der Waals surface area contributed by atoms with Gasteiger partial charge in [0.15, 0.2) is 0 Å². The van der Waals surface area contributed by atoms with Crippen molar-refractivity contribution in [3.05, 3.63) is 23.2 Å². The maximum atomic E-state index is 11.9. The molecule has 1 rings (SSSR count). The third-order valence-electron chi connectivity index (χ3n) is 2.36. The summed E-state index contributed by atoms with van der Waals surface area (Å²) in [5, 5.41) is 0.461. The molecule has 0 aliphatic rings. The lowest BCUT2D eigenvalue weighted by atomic mass is 10.3. The van der Waals surface area contributed by atoms with Crippen molar-refractivity contribution in [2.75, 3.05) is 17.5 Å². The van der Waals surface area contributed by atoms with Crippen LogP contribution in [0.4, 0.5) is 11.4 Å². The summed E-state index contributed by atoms with van der Waals surface area (Å²) in [5.41, 5.74) is 6.29. The van der Waals surface area contributed by atoms with Crippen LogP contribution in [0.25, 0.3) is 0 Å². The van der Waals surface area contributed by atoms with E-state index in [2.05, 4.69) is 4.72 Å². The van der Waals surface area contributed by atoms with E-state index in [0.29, 0.717) is 16.4 Å². The molecule has 0 aliphatic carbocycles. The Morgan fingerprint density at radius 1 is 1.41 bits per heavy atom. The normalized spacial score (nSPS) is 12.1. The van der Waals surface area contributed by atoms with Gasteiger partial charge in [0.05, 0.1) is 11.4 Å². The molecule has 0 atom stereocenters. The lowest BCUT2D eigenvalue weighted by Crippen LogP contribution is -2.37. The molecule has 0 bridgehead atoms. The Bertz CT molecular complexity index is 502. The fraction of sp³-hybridized carbons (Fsp3) is 0.400. The van der Waals surface area contributed by atoms with Crippen molar-refractivity contribution >= 4 is 33.2 Å². The number of rotatable bonds is 4. The number of hydrogen-bond donors (Lipinski definition) is 2. The lowest BCUT2D eigenvalue weighted by molar-refractivity contribution is 0.414. The van der Waals surface area contributed by atoms with Crippen LogP contribution >= 0.6 is 11.6 Å². The predicted molar refractivity (Wildman–Crippen MR) is 71.3 cm³/mol. The first-order valence-corrected chi connectivity index (χ1v) is 6.86. The van der Waals surface area contributed by atoms with Gasteiger partial charge in [-0.2, -0.15) is 12.7 Å². The highest BCUT2D eigenvalue weighted by Crippen LogP contribution is 2.24. The van der Waals surface area contributed by atoms with Crippen molar-refractivity contribution in [3.63, 3.8) is 0 Å². The van der Waals surface area contributed by atoms with Crippen molar-refractivity contribution in [2.24, 2.45) is 0 Å². The number of hydrogen-bond acceptors (Lipinski definition) is 3. The number of nitrogens with zero attached hydrogens (tertiary/aromatic N) is 1. The zero-order chi connectivity index (χ0) is 13.2. The average molecular weight is 278 g/mol. The summed E-state index contributed by atoms with van der Waals surface area (Å²) in [6.07, 6.45) is 0. The quantitative estimate of drug-likeness (QED) is 0.826. The molecule has 0 aromatic heterocycles. The number of nitrogens with one attached hydrogen (secondary N) is 1. The molecule has 0 radical (unpaired) electrons. The van der Waals surface area contributed by atoms with E-state index in [-0.39, 0.29) is 6.04 Å². The van der Waals surface area contributed by atoms with E-state index in [1.54, 1.807) is 19.9 Å². The van der Waals surface area contributed by atoms with Gasteiger partial charge in [-0.15, -0.1) is 0 Å². The second-order valence-electron chi connectivity index (χ2n) is 3.95. The maximum Gasteiger partial charge on any atom is 0.301 e. The van der Waals surface area contributed by atoms with Crippen molar-refractivity contribution in [1.82, 2.24) is 4.31 Å². The van der Waals surface area contributed by atoms with Crippen LogP contribution in [0.2, 0.25) is 5.02 Å². The first-order chi connectivity index (χ1) is 7.74. The second kappa shape index (κ2) is 5.12. The largest absolute Gasteiger partial charge is 0.397 e. The molecule has 0 saturated heterocycles. The van der Waals surface area contributed by atoms with E-state index >= 15 is 0 Å². The highest BCUT2D eigenvalue weighted by Gasteiger charge is 2.20. The summed E-state index contributed by atoms with van der Waals surface area (Å²) in [5.74, 6) is 0. The van der Waals surface area contributed by atoms with E-state index in [1.807, 2.05) is 0 Å². The number of benzene rings is 1. The smallest absolute Gasteiger partial charge is 0.301 e. The first kappa shape index (κ1) is 14.1. The van der Waals surface area contributed by atoms with Crippen molar-refractivity contribution in [1.29, 1.82) is 0 Å². The SMILES string of the molecule is CC(C)N(C)S(=O)(=O)Nc1ccc(Cl)cc1N. The Labute approximate surface area is 107 Å². The van der Waals surface area contributed by atoms with Crippen molar-refractivity contribution in [2.45, 2.75) is 19.9 Å². The molecule has 0 heterocycles. The summed E-state index contributed by atoms with van der Waals surface area (Å²) in [4.78, 5) is 0. The van der Waals surface area contributed by atoms with Gasteiger partial charge in [0, 0.05) is 18.1 Å². The molecular formula is C10H16ClN3O2S. The molecular weight excluding hydrogens is 262 g/mol. The Balaban J connectivity index is 2.98. The van der Waals surface area contributed by atoms with Gasteiger partial charge in [0.2, 0.25) is 0 Å². The fourth-order valence-electron chi connectivity index (χ4n) is 1.12. The van der Waals surface area contributed by atoms with E-state index in [0.717, 1.165) is 0 Å². The average Bonchev–Trinajstić information content (AvgIpc) is 2.21. The van der Waals surface area contributed by atoms with Crippen LogP contribution in [0.3, 0.4) is 0 Å². The van der Waals surface area contributed by atoms with Crippen LogP contribution in [0.1, 0.15) is 13.8 Å². The van der Waals surface area contributed by atoms with Crippen molar-refractivity contribution in [3.8, 4) is 0 Å². The third-order valence-corrected chi connectivity index (χ3v) is 4.25. The molecule has 96 valence electrons. The van der Waals surface area contributed by atoms with Gasteiger partial charge >= 0.3 is 10.2 Å². The molecule has 0 aliphatic heterocycles. The zero-order valence-electron chi connectivity index (χ0n) is 9.94. The van der Waals surface area contributed by atoms with Gasteiger partial charge in [0.1, 0.15) is 0 Å². The first-order valence-electron chi connectivity index (χ1n) is 5.05. The van der Waals surface area contributed by atoms with Crippen LogP contribution in [-0.2, 0) is 10.2 Å². The van der Waals surface area contributed by atoms with Crippen LogP contribution in [-0.4, -0.2) is 25.8 Å². The minimum absolute atomic E-state index is 0.138. The molecule has 5 nitrogen and oxygen atoms in total. The van der Waals surface area contributed by atoms with Crippen LogP contribution in [0.5, 0.6) is 0 Å². The highest BCUT2D eigenvalue weighted by atomic mass is 35.5. The van der Waals surface area contributed by atoms with Gasteiger partial charge in [-0.05, 0) is 32.0 Å². The monoisotopic (exact) mass is 277 g/mol. The van der Waals surface area contributed by atoms with Gasteiger partial charge in [-0.25, -0.2) is 0 Å². The van der Waals surface area contributed by atoms with Crippen LogP contribution < -0.4 is 10.5 Å². The number of nitrogen functional groups attached to an aromatic ring is 1. The lowest BCUT2D eigenvalue weighted by Gasteiger charge is -2.22. The number of nitrogens with two attached hydrogens (primary N) is 1. The van der Waals surface area contributed by atoms with E-state index in [9.17, 15) is 8.42 Å².